The van der Waals surface area contributed by atoms with E-state index < -0.39 is 0 Å². The molecule has 2 N–H and O–H groups in total. The Balaban J connectivity index is 1.64. The Morgan fingerprint density at radius 1 is 0.926 bits per heavy atom. The predicted molar refractivity (Wildman–Crippen MR) is 104 cm³/mol. The Labute approximate surface area is 158 Å². The second-order valence-corrected chi connectivity index (χ2v) is 6.20. The van der Waals surface area contributed by atoms with E-state index in [0.717, 1.165) is 11.1 Å². The smallest absolute Gasteiger partial charge is 0.270 e. The van der Waals surface area contributed by atoms with Gasteiger partial charge in [-0.1, -0.05) is 60.7 Å². The SMILES string of the molecule is CC(NC(=O)c1cc(C(=O)NCc2ccccc2)ccn1)c1ccccc1. The first-order valence-corrected chi connectivity index (χ1v) is 8.77. The minimum Gasteiger partial charge on any atom is -0.348 e. The molecule has 5 heteroatoms. The molecule has 0 spiro atoms. The van der Waals surface area contributed by atoms with Gasteiger partial charge in [-0.3, -0.25) is 14.6 Å². The maximum absolute atomic E-state index is 12.5. The first-order valence-electron chi connectivity index (χ1n) is 8.77. The van der Waals surface area contributed by atoms with Crippen LogP contribution < -0.4 is 10.6 Å². The molecule has 3 rings (SSSR count). The van der Waals surface area contributed by atoms with Gasteiger partial charge >= 0.3 is 0 Å². The molecule has 1 aromatic heterocycles. The van der Waals surface area contributed by atoms with Gasteiger partial charge < -0.3 is 10.6 Å². The molecule has 0 aliphatic rings. The van der Waals surface area contributed by atoms with Gasteiger partial charge in [0.2, 0.25) is 0 Å². The number of aromatic nitrogens is 1. The van der Waals surface area contributed by atoms with Crippen LogP contribution in [0.3, 0.4) is 0 Å². The molecule has 136 valence electrons. The summed E-state index contributed by atoms with van der Waals surface area (Å²) in [5.74, 6) is -0.560. The van der Waals surface area contributed by atoms with Crippen molar-refractivity contribution in [3.05, 3.63) is 101 Å². The van der Waals surface area contributed by atoms with Gasteiger partial charge in [0.15, 0.2) is 0 Å². The lowest BCUT2D eigenvalue weighted by Gasteiger charge is -2.14. The second kappa shape index (κ2) is 8.76. The molecule has 0 saturated heterocycles. The number of pyridine rings is 1. The molecule has 0 aliphatic heterocycles. The van der Waals surface area contributed by atoms with Gasteiger partial charge in [-0.2, -0.15) is 0 Å². The third kappa shape index (κ3) is 5.01. The summed E-state index contributed by atoms with van der Waals surface area (Å²) in [6, 6.07) is 22.3. The van der Waals surface area contributed by atoms with Gasteiger partial charge in [0, 0.05) is 18.3 Å². The van der Waals surface area contributed by atoms with Crippen LogP contribution in [0.4, 0.5) is 0 Å². The van der Waals surface area contributed by atoms with Crippen LogP contribution >= 0.6 is 0 Å². The molecule has 5 nitrogen and oxygen atoms in total. The number of carbonyl (C=O) groups is 2. The van der Waals surface area contributed by atoms with Crippen LogP contribution in [0.25, 0.3) is 0 Å². The molecule has 1 atom stereocenters. The number of hydrogen-bond donors (Lipinski definition) is 2. The zero-order valence-electron chi connectivity index (χ0n) is 15.1. The quantitative estimate of drug-likeness (QED) is 0.708. The van der Waals surface area contributed by atoms with Gasteiger partial charge in [-0.15, -0.1) is 0 Å². The molecule has 1 heterocycles. The van der Waals surface area contributed by atoms with Crippen molar-refractivity contribution < 1.29 is 9.59 Å². The standard InChI is InChI=1S/C22H21N3O2/c1-16(18-10-6-3-7-11-18)25-22(27)20-14-19(12-13-23-20)21(26)24-15-17-8-4-2-5-9-17/h2-14,16H,15H2,1H3,(H,24,26)(H,25,27). The lowest BCUT2D eigenvalue weighted by Crippen LogP contribution is -2.28. The van der Waals surface area contributed by atoms with Gasteiger partial charge in [-0.25, -0.2) is 0 Å². The first-order chi connectivity index (χ1) is 13.1. The van der Waals surface area contributed by atoms with E-state index in [2.05, 4.69) is 15.6 Å². The highest BCUT2D eigenvalue weighted by Crippen LogP contribution is 2.12. The highest BCUT2D eigenvalue weighted by Gasteiger charge is 2.14. The van der Waals surface area contributed by atoms with Gasteiger partial charge in [0.05, 0.1) is 6.04 Å². The minimum absolute atomic E-state index is 0.156. The Morgan fingerprint density at radius 2 is 1.59 bits per heavy atom. The van der Waals surface area contributed by atoms with Crippen molar-refractivity contribution in [2.45, 2.75) is 19.5 Å². The van der Waals surface area contributed by atoms with Gasteiger partial charge in [0.1, 0.15) is 5.69 Å². The topological polar surface area (TPSA) is 71.1 Å². The lowest BCUT2D eigenvalue weighted by atomic mass is 10.1. The molecule has 3 aromatic rings. The molecule has 1 unspecified atom stereocenters. The van der Waals surface area contributed by atoms with Crippen molar-refractivity contribution in [2.24, 2.45) is 0 Å². The molecule has 0 aliphatic carbocycles. The molecule has 2 amide bonds. The summed E-state index contributed by atoms with van der Waals surface area (Å²) in [4.78, 5) is 28.9. The maximum Gasteiger partial charge on any atom is 0.270 e. The summed E-state index contributed by atoms with van der Waals surface area (Å²) in [6.45, 7) is 2.33. The van der Waals surface area contributed by atoms with E-state index in [1.165, 1.54) is 12.3 Å². The molecule has 0 radical (unpaired) electrons. The average Bonchev–Trinajstić information content (AvgIpc) is 2.73. The summed E-state index contributed by atoms with van der Waals surface area (Å²) in [7, 11) is 0. The Kier molecular flexibility index (Phi) is 5.94. The maximum atomic E-state index is 12.5. The van der Waals surface area contributed by atoms with Crippen LogP contribution in [0.5, 0.6) is 0 Å². The summed E-state index contributed by atoms with van der Waals surface area (Å²) in [5.41, 5.74) is 2.63. The number of nitrogens with zero attached hydrogens (tertiary/aromatic N) is 1. The van der Waals surface area contributed by atoms with Crippen LogP contribution in [0.1, 0.15) is 44.9 Å². The van der Waals surface area contributed by atoms with E-state index in [9.17, 15) is 9.59 Å². The van der Waals surface area contributed by atoms with Crippen LogP contribution in [-0.2, 0) is 6.54 Å². The summed E-state index contributed by atoms with van der Waals surface area (Å²) >= 11 is 0. The van der Waals surface area contributed by atoms with Crippen molar-refractivity contribution in [3.8, 4) is 0 Å². The summed E-state index contributed by atoms with van der Waals surface area (Å²) in [6.07, 6.45) is 1.47. The van der Waals surface area contributed by atoms with E-state index in [1.54, 1.807) is 6.07 Å². The van der Waals surface area contributed by atoms with E-state index in [1.807, 2.05) is 67.6 Å². The highest BCUT2D eigenvalue weighted by molar-refractivity contribution is 5.98. The molecule has 0 fully saturated rings. The average molecular weight is 359 g/mol. The zero-order valence-corrected chi connectivity index (χ0v) is 15.1. The van der Waals surface area contributed by atoms with Crippen molar-refractivity contribution in [1.29, 1.82) is 0 Å². The highest BCUT2D eigenvalue weighted by atomic mass is 16.2. The number of carbonyl (C=O) groups excluding carboxylic acids is 2. The molecule has 2 aromatic carbocycles. The lowest BCUT2D eigenvalue weighted by molar-refractivity contribution is 0.0935. The fraction of sp³-hybridized carbons (Fsp3) is 0.136. The monoisotopic (exact) mass is 359 g/mol. The Hall–Kier alpha value is -3.47. The molecular formula is C22H21N3O2. The third-order valence-corrected chi connectivity index (χ3v) is 4.20. The van der Waals surface area contributed by atoms with Gasteiger partial charge in [-0.05, 0) is 30.2 Å². The van der Waals surface area contributed by atoms with Crippen molar-refractivity contribution in [3.63, 3.8) is 0 Å². The number of nitrogens with one attached hydrogen (secondary N) is 2. The van der Waals surface area contributed by atoms with Crippen molar-refractivity contribution in [2.75, 3.05) is 0 Å². The van der Waals surface area contributed by atoms with Crippen molar-refractivity contribution in [1.82, 2.24) is 15.6 Å². The van der Waals surface area contributed by atoms with E-state index in [0.29, 0.717) is 12.1 Å². The Morgan fingerprint density at radius 3 is 2.30 bits per heavy atom. The van der Waals surface area contributed by atoms with E-state index in [4.69, 9.17) is 0 Å². The van der Waals surface area contributed by atoms with Crippen LogP contribution in [-0.4, -0.2) is 16.8 Å². The normalized spacial score (nSPS) is 11.4. The number of rotatable bonds is 6. The van der Waals surface area contributed by atoms with Crippen LogP contribution in [0.15, 0.2) is 79.0 Å². The fourth-order valence-electron chi connectivity index (χ4n) is 2.67. The fourth-order valence-corrected chi connectivity index (χ4v) is 2.67. The predicted octanol–water partition coefficient (Wildman–Crippen LogP) is 3.50. The Bertz CT molecular complexity index is 911. The summed E-state index contributed by atoms with van der Waals surface area (Å²) < 4.78 is 0. The zero-order chi connectivity index (χ0) is 19.1. The van der Waals surface area contributed by atoms with E-state index >= 15 is 0 Å². The van der Waals surface area contributed by atoms with Crippen molar-refractivity contribution >= 4 is 11.8 Å². The van der Waals surface area contributed by atoms with Crippen LogP contribution in [0.2, 0.25) is 0 Å². The van der Waals surface area contributed by atoms with Crippen LogP contribution in [0, 0.1) is 0 Å². The minimum atomic E-state index is -0.316. The number of amides is 2. The molecule has 0 bridgehead atoms. The van der Waals surface area contributed by atoms with E-state index in [-0.39, 0.29) is 23.6 Å². The number of benzene rings is 2. The second-order valence-electron chi connectivity index (χ2n) is 6.20. The molecular weight excluding hydrogens is 338 g/mol. The van der Waals surface area contributed by atoms with Gasteiger partial charge in [0.25, 0.3) is 11.8 Å². The summed E-state index contributed by atoms with van der Waals surface area (Å²) in [5, 5.41) is 5.75. The third-order valence-electron chi connectivity index (χ3n) is 4.20. The molecule has 0 saturated carbocycles. The largest absolute Gasteiger partial charge is 0.348 e. The first kappa shape index (κ1) is 18.3. The number of hydrogen-bond acceptors (Lipinski definition) is 3. The molecule has 27 heavy (non-hydrogen) atoms.